The molecule has 3 heteroatoms. The Kier molecular flexibility index (Phi) is 4.48. The summed E-state index contributed by atoms with van der Waals surface area (Å²) in [7, 11) is 0. The molecule has 2 heterocycles. The van der Waals surface area contributed by atoms with Crippen LogP contribution >= 0.6 is 0 Å². The first kappa shape index (κ1) is 13.8. The van der Waals surface area contributed by atoms with E-state index in [0.29, 0.717) is 24.5 Å². The van der Waals surface area contributed by atoms with Crippen LogP contribution in [-0.4, -0.2) is 25.5 Å². The molecule has 0 spiro atoms. The molecule has 0 amide bonds. The molecule has 1 aromatic rings. The summed E-state index contributed by atoms with van der Waals surface area (Å²) in [6.07, 6.45) is 4.44. The molecule has 0 bridgehead atoms. The van der Waals surface area contributed by atoms with Gasteiger partial charge in [-0.15, -0.1) is 0 Å². The van der Waals surface area contributed by atoms with Crippen LogP contribution in [0.2, 0.25) is 0 Å². The summed E-state index contributed by atoms with van der Waals surface area (Å²) in [5.41, 5.74) is 2.56. The number of fused-ring (bicyclic) bond motifs is 1. The summed E-state index contributed by atoms with van der Waals surface area (Å²) >= 11 is 0. The Morgan fingerprint density at radius 2 is 2.25 bits per heavy atom. The lowest BCUT2D eigenvalue weighted by Crippen LogP contribution is -2.19. The van der Waals surface area contributed by atoms with Gasteiger partial charge in [-0.3, -0.25) is 4.79 Å². The van der Waals surface area contributed by atoms with Crippen LogP contribution in [0.3, 0.4) is 0 Å². The van der Waals surface area contributed by atoms with Crippen LogP contribution in [0.1, 0.15) is 42.9 Å². The van der Waals surface area contributed by atoms with Crippen LogP contribution in [-0.2, 0) is 16.0 Å². The Labute approximate surface area is 120 Å². The van der Waals surface area contributed by atoms with Gasteiger partial charge in [0.15, 0.2) is 0 Å². The van der Waals surface area contributed by atoms with Crippen LogP contribution in [0.4, 0.5) is 0 Å². The number of carbonyl (C=O) groups is 1. The van der Waals surface area contributed by atoms with E-state index in [9.17, 15) is 4.79 Å². The number of hydrogen-bond donors (Lipinski definition) is 1. The molecule has 0 aromatic heterocycles. The first-order valence-electron chi connectivity index (χ1n) is 7.75. The summed E-state index contributed by atoms with van der Waals surface area (Å²) in [5.74, 6) is 1.04. The second kappa shape index (κ2) is 6.51. The number of nitrogens with one attached hydrogen (secondary N) is 1. The molecule has 2 aliphatic rings. The Hall–Kier alpha value is -1.19. The number of ketones is 1. The fourth-order valence-corrected chi connectivity index (χ4v) is 3.28. The first-order valence-corrected chi connectivity index (χ1v) is 7.75. The Balaban J connectivity index is 1.54. The molecule has 20 heavy (non-hydrogen) atoms. The summed E-state index contributed by atoms with van der Waals surface area (Å²) in [4.78, 5) is 12.2. The van der Waals surface area contributed by atoms with Gasteiger partial charge < -0.3 is 10.1 Å². The fourth-order valence-electron chi connectivity index (χ4n) is 3.28. The molecule has 3 nitrogen and oxygen atoms in total. The molecule has 2 unspecified atom stereocenters. The van der Waals surface area contributed by atoms with Crippen molar-refractivity contribution >= 4 is 5.78 Å². The van der Waals surface area contributed by atoms with Crippen LogP contribution in [0.5, 0.6) is 0 Å². The van der Waals surface area contributed by atoms with Crippen molar-refractivity contribution in [1.82, 2.24) is 5.32 Å². The van der Waals surface area contributed by atoms with Crippen molar-refractivity contribution in [3.05, 3.63) is 35.4 Å². The zero-order chi connectivity index (χ0) is 13.8. The topological polar surface area (TPSA) is 38.3 Å². The van der Waals surface area contributed by atoms with Gasteiger partial charge in [-0.1, -0.05) is 24.3 Å². The van der Waals surface area contributed by atoms with Gasteiger partial charge in [-0.05, 0) is 49.4 Å². The number of carbonyl (C=O) groups excluding carboxylic acids is 1. The Morgan fingerprint density at radius 1 is 1.35 bits per heavy atom. The highest BCUT2D eigenvalue weighted by Gasteiger charge is 2.23. The molecule has 2 atom stereocenters. The van der Waals surface area contributed by atoms with Crippen molar-refractivity contribution < 1.29 is 9.53 Å². The number of ether oxygens (including phenoxy) is 1. The molecule has 1 aromatic carbocycles. The lowest BCUT2D eigenvalue weighted by atomic mass is 9.92. The fraction of sp³-hybridized carbons (Fsp3) is 0.588. The highest BCUT2D eigenvalue weighted by atomic mass is 16.5. The number of benzene rings is 1. The number of Topliss-reactive ketones (excluding diaryl/α,β-unsaturated/α-hetero) is 1. The second-order valence-corrected chi connectivity index (χ2v) is 5.95. The number of rotatable bonds is 5. The van der Waals surface area contributed by atoms with Crippen LogP contribution < -0.4 is 5.32 Å². The van der Waals surface area contributed by atoms with E-state index in [2.05, 4.69) is 23.5 Å². The van der Waals surface area contributed by atoms with E-state index in [1.165, 1.54) is 17.5 Å². The lowest BCUT2D eigenvalue weighted by molar-refractivity contribution is -0.122. The van der Waals surface area contributed by atoms with Crippen molar-refractivity contribution in [3.8, 4) is 0 Å². The van der Waals surface area contributed by atoms with Crippen molar-refractivity contribution in [2.75, 3.05) is 19.7 Å². The van der Waals surface area contributed by atoms with Gasteiger partial charge in [0.25, 0.3) is 0 Å². The minimum absolute atomic E-state index is 0.0193. The quantitative estimate of drug-likeness (QED) is 0.896. The molecule has 1 N–H and O–H groups in total. The zero-order valence-corrected chi connectivity index (χ0v) is 11.9. The van der Waals surface area contributed by atoms with E-state index in [1.54, 1.807) is 0 Å². The van der Waals surface area contributed by atoms with Crippen LogP contribution in [0, 0.1) is 5.92 Å². The monoisotopic (exact) mass is 273 g/mol. The van der Waals surface area contributed by atoms with Crippen LogP contribution in [0.15, 0.2) is 24.3 Å². The van der Waals surface area contributed by atoms with E-state index in [-0.39, 0.29) is 6.10 Å². The van der Waals surface area contributed by atoms with Crippen molar-refractivity contribution in [3.63, 3.8) is 0 Å². The van der Waals surface area contributed by atoms with E-state index in [4.69, 9.17) is 4.74 Å². The molecule has 0 aliphatic carbocycles. The van der Waals surface area contributed by atoms with E-state index >= 15 is 0 Å². The standard InChI is InChI=1S/C17H23NO2/c19-15(6-5-13-7-9-18-12-13)11-17-16-4-2-1-3-14(16)8-10-20-17/h1-4,13,17-18H,5-12H2. The largest absolute Gasteiger partial charge is 0.373 e. The summed E-state index contributed by atoms with van der Waals surface area (Å²) < 4.78 is 5.81. The molecule has 1 saturated heterocycles. The average molecular weight is 273 g/mol. The van der Waals surface area contributed by atoms with E-state index in [0.717, 1.165) is 32.5 Å². The first-order chi connectivity index (χ1) is 9.83. The van der Waals surface area contributed by atoms with Gasteiger partial charge in [-0.2, -0.15) is 0 Å². The molecular weight excluding hydrogens is 250 g/mol. The third kappa shape index (κ3) is 3.28. The van der Waals surface area contributed by atoms with Gasteiger partial charge in [0, 0.05) is 12.8 Å². The maximum absolute atomic E-state index is 12.2. The predicted octanol–water partition coefficient (Wildman–Crippen LogP) is 2.65. The minimum Gasteiger partial charge on any atom is -0.373 e. The number of hydrogen-bond acceptors (Lipinski definition) is 3. The molecular formula is C17H23NO2. The zero-order valence-electron chi connectivity index (χ0n) is 11.9. The highest BCUT2D eigenvalue weighted by Crippen LogP contribution is 2.30. The van der Waals surface area contributed by atoms with Gasteiger partial charge in [0.2, 0.25) is 0 Å². The summed E-state index contributed by atoms with van der Waals surface area (Å²) in [6.45, 7) is 2.93. The van der Waals surface area contributed by atoms with Gasteiger partial charge in [-0.25, -0.2) is 0 Å². The predicted molar refractivity (Wildman–Crippen MR) is 78.7 cm³/mol. The molecule has 2 aliphatic heterocycles. The van der Waals surface area contributed by atoms with Crippen molar-refractivity contribution in [2.24, 2.45) is 5.92 Å². The highest BCUT2D eigenvalue weighted by molar-refractivity contribution is 5.79. The van der Waals surface area contributed by atoms with Gasteiger partial charge in [0.05, 0.1) is 12.7 Å². The maximum Gasteiger partial charge on any atom is 0.135 e. The Bertz CT molecular complexity index is 466. The normalized spacial score (nSPS) is 25.4. The van der Waals surface area contributed by atoms with E-state index < -0.39 is 0 Å². The summed E-state index contributed by atoms with van der Waals surface area (Å²) in [6, 6.07) is 8.36. The van der Waals surface area contributed by atoms with Crippen LogP contribution in [0.25, 0.3) is 0 Å². The third-order valence-corrected chi connectivity index (χ3v) is 4.50. The molecule has 1 fully saturated rings. The van der Waals surface area contributed by atoms with Crippen molar-refractivity contribution in [1.29, 1.82) is 0 Å². The second-order valence-electron chi connectivity index (χ2n) is 5.95. The maximum atomic E-state index is 12.2. The lowest BCUT2D eigenvalue weighted by Gasteiger charge is -2.25. The molecule has 108 valence electrons. The SMILES string of the molecule is O=C(CCC1CCNC1)CC1OCCc2ccccc21. The van der Waals surface area contributed by atoms with Gasteiger partial charge >= 0.3 is 0 Å². The minimum atomic E-state index is -0.0193. The Morgan fingerprint density at radius 3 is 3.10 bits per heavy atom. The van der Waals surface area contributed by atoms with Gasteiger partial charge in [0.1, 0.15) is 5.78 Å². The van der Waals surface area contributed by atoms with E-state index in [1.807, 2.05) is 6.07 Å². The average Bonchev–Trinajstić information content (AvgIpc) is 2.99. The molecule has 0 radical (unpaired) electrons. The van der Waals surface area contributed by atoms with Crippen molar-refractivity contribution in [2.45, 2.75) is 38.2 Å². The third-order valence-electron chi connectivity index (χ3n) is 4.50. The molecule has 3 rings (SSSR count). The molecule has 0 saturated carbocycles. The smallest absolute Gasteiger partial charge is 0.135 e. The summed E-state index contributed by atoms with van der Waals surface area (Å²) in [5, 5.41) is 3.35.